The molecule has 0 saturated carbocycles. The molecule has 0 aliphatic rings. The van der Waals surface area contributed by atoms with Crippen LogP contribution in [-0.2, 0) is 19.4 Å². The second kappa shape index (κ2) is 6.97. The van der Waals surface area contributed by atoms with Crippen molar-refractivity contribution in [2.24, 2.45) is 0 Å². The van der Waals surface area contributed by atoms with Crippen LogP contribution in [0.15, 0.2) is 47.8 Å². The molecule has 1 nitrogen and oxygen atoms in total. The molecule has 0 radical (unpaired) electrons. The van der Waals surface area contributed by atoms with Crippen LogP contribution in [0.2, 0.25) is 0 Å². The van der Waals surface area contributed by atoms with Crippen molar-refractivity contribution in [3.63, 3.8) is 0 Å². The van der Waals surface area contributed by atoms with Gasteiger partial charge in [-0.05, 0) is 58.5 Å². The van der Waals surface area contributed by atoms with Crippen molar-refractivity contribution >= 4 is 21.4 Å². The predicted molar refractivity (Wildman–Crippen MR) is 96.0 cm³/mol. The van der Waals surface area contributed by atoms with Crippen molar-refractivity contribution in [3.8, 4) is 5.75 Å². The number of hydrogen-bond donors (Lipinski definition) is 0. The quantitative estimate of drug-likeness (QED) is 0.543. The van der Waals surface area contributed by atoms with E-state index in [1.54, 1.807) is 11.3 Å². The van der Waals surface area contributed by atoms with Crippen LogP contribution in [-0.4, -0.2) is 0 Å². The third-order valence-corrected chi connectivity index (χ3v) is 5.03. The first-order valence-corrected chi connectivity index (χ1v) is 8.89. The van der Waals surface area contributed by atoms with Crippen LogP contribution in [0.1, 0.15) is 37.0 Å². The molecular formula is C20H22OS. The minimum Gasteiger partial charge on any atom is -0.489 e. The van der Waals surface area contributed by atoms with Gasteiger partial charge in [-0.3, -0.25) is 0 Å². The number of benzene rings is 2. The van der Waals surface area contributed by atoms with Crippen molar-refractivity contribution in [1.29, 1.82) is 0 Å². The fourth-order valence-corrected chi connectivity index (χ4v) is 3.87. The van der Waals surface area contributed by atoms with Crippen molar-refractivity contribution in [3.05, 3.63) is 64.5 Å². The van der Waals surface area contributed by atoms with Crippen LogP contribution in [0.5, 0.6) is 5.75 Å². The first-order valence-electron chi connectivity index (χ1n) is 8.01. The Morgan fingerprint density at radius 1 is 0.955 bits per heavy atom. The van der Waals surface area contributed by atoms with Gasteiger partial charge in [0.05, 0.1) is 0 Å². The van der Waals surface area contributed by atoms with E-state index >= 15 is 0 Å². The van der Waals surface area contributed by atoms with Crippen LogP contribution >= 0.6 is 11.3 Å². The zero-order valence-electron chi connectivity index (χ0n) is 13.3. The number of fused-ring (bicyclic) bond motifs is 1. The lowest BCUT2D eigenvalue weighted by molar-refractivity contribution is 0.305. The van der Waals surface area contributed by atoms with Crippen molar-refractivity contribution < 1.29 is 4.74 Å². The minimum absolute atomic E-state index is 0.647. The number of ether oxygens (including phenoxy) is 1. The van der Waals surface area contributed by atoms with Gasteiger partial charge in [0.1, 0.15) is 12.4 Å². The lowest BCUT2D eigenvalue weighted by atomic mass is 10.0. The van der Waals surface area contributed by atoms with Gasteiger partial charge in [0.2, 0.25) is 0 Å². The third kappa shape index (κ3) is 3.17. The highest BCUT2D eigenvalue weighted by Crippen LogP contribution is 2.30. The van der Waals surface area contributed by atoms with Crippen LogP contribution in [0.25, 0.3) is 10.1 Å². The van der Waals surface area contributed by atoms with Crippen molar-refractivity contribution in [2.45, 2.75) is 39.7 Å². The van der Waals surface area contributed by atoms with E-state index in [9.17, 15) is 0 Å². The van der Waals surface area contributed by atoms with Crippen molar-refractivity contribution in [2.75, 3.05) is 0 Å². The third-order valence-electron chi connectivity index (χ3n) is 4.04. The molecule has 0 saturated heterocycles. The van der Waals surface area contributed by atoms with Crippen molar-refractivity contribution in [1.82, 2.24) is 0 Å². The Balaban J connectivity index is 1.76. The normalized spacial score (nSPS) is 11.0. The molecule has 0 fully saturated rings. The molecule has 3 aromatic rings. The maximum absolute atomic E-state index is 6.04. The van der Waals surface area contributed by atoms with E-state index in [2.05, 4.69) is 61.7 Å². The van der Waals surface area contributed by atoms with Gasteiger partial charge in [-0.25, -0.2) is 0 Å². The molecular weight excluding hydrogens is 288 g/mol. The number of thiophene rings is 1. The van der Waals surface area contributed by atoms with Gasteiger partial charge in [0, 0.05) is 4.70 Å². The second-order valence-corrected chi connectivity index (χ2v) is 6.49. The molecule has 0 aliphatic carbocycles. The zero-order chi connectivity index (χ0) is 15.4. The first-order chi connectivity index (χ1) is 10.8. The van der Waals surface area contributed by atoms with E-state index in [0.29, 0.717) is 6.61 Å². The van der Waals surface area contributed by atoms with E-state index < -0.39 is 0 Å². The smallest absolute Gasteiger partial charge is 0.121 e. The van der Waals surface area contributed by atoms with E-state index in [1.165, 1.54) is 26.8 Å². The zero-order valence-corrected chi connectivity index (χ0v) is 14.1. The van der Waals surface area contributed by atoms with Gasteiger partial charge in [0.15, 0.2) is 0 Å². The lowest BCUT2D eigenvalue weighted by Crippen LogP contribution is -2.00. The van der Waals surface area contributed by atoms with E-state index in [4.69, 9.17) is 4.74 Å². The predicted octanol–water partition coefficient (Wildman–Crippen LogP) is 6.00. The molecule has 2 aromatic carbocycles. The summed E-state index contributed by atoms with van der Waals surface area (Å²) in [6.45, 7) is 5.07. The largest absolute Gasteiger partial charge is 0.489 e. The lowest BCUT2D eigenvalue weighted by Gasteiger charge is -2.10. The minimum atomic E-state index is 0.647. The molecule has 3 rings (SSSR count). The Morgan fingerprint density at radius 3 is 2.55 bits per heavy atom. The average molecular weight is 310 g/mol. The average Bonchev–Trinajstić information content (AvgIpc) is 2.96. The van der Waals surface area contributed by atoms with E-state index in [-0.39, 0.29) is 0 Å². The maximum atomic E-state index is 6.04. The molecule has 0 unspecified atom stereocenters. The highest BCUT2D eigenvalue weighted by Gasteiger charge is 2.06. The first kappa shape index (κ1) is 15.1. The van der Waals surface area contributed by atoms with Crippen LogP contribution in [0.3, 0.4) is 0 Å². The number of hydrogen-bond acceptors (Lipinski definition) is 2. The molecule has 0 aliphatic heterocycles. The Hall–Kier alpha value is -1.80. The second-order valence-electron chi connectivity index (χ2n) is 5.58. The van der Waals surface area contributed by atoms with Gasteiger partial charge in [-0.1, -0.05) is 44.5 Å². The SMILES string of the molecule is CCCc1ccccc1COc1ccc2c(CC)csc2c1. The molecule has 1 heterocycles. The summed E-state index contributed by atoms with van der Waals surface area (Å²) in [5, 5.41) is 3.62. The molecule has 0 atom stereocenters. The maximum Gasteiger partial charge on any atom is 0.121 e. The number of rotatable bonds is 6. The van der Waals surface area contributed by atoms with Gasteiger partial charge >= 0.3 is 0 Å². The molecule has 114 valence electrons. The highest BCUT2D eigenvalue weighted by molar-refractivity contribution is 7.17. The fraction of sp³-hybridized carbons (Fsp3) is 0.300. The van der Waals surface area contributed by atoms with Crippen LogP contribution in [0.4, 0.5) is 0 Å². The molecule has 22 heavy (non-hydrogen) atoms. The molecule has 0 bridgehead atoms. The summed E-state index contributed by atoms with van der Waals surface area (Å²) >= 11 is 1.81. The Bertz CT molecular complexity index is 757. The summed E-state index contributed by atoms with van der Waals surface area (Å²) < 4.78 is 7.35. The topological polar surface area (TPSA) is 9.23 Å². The Morgan fingerprint density at radius 2 is 1.77 bits per heavy atom. The van der Waals surface area contributed by atoms with Gasteiger partial charge in [-0.2, -0.15) is 0 Å². The summed E-state index contributed by atoms with van der Waals surface area (Å²) in [5.74, 6) is 0.961. The summed E-state index contributed by atoms with van der Waals surface area (Å²) in [6, 6.07) is 15.0. The monoisotopic (exact) mass is 310 g/mol. The Kier molecular flexibility index (Phi) is 4.79. The van der Waals surface area contributed by atoms with Crippen LogP contribution < -0.4 is 4.74 Å². The van der Waals surface area contributed by atoms with Gasteiger partial charge in [-0.15, -0.1) is 11.3 Å². The highest BCUT2D eigenvalue weighted by atomic mass is 32.1. The summed E-state index contributed by atoms with van der Waals surface area (Å²) in [4.78, 5) is 0. The van der Waals surface area contributed by atoms with Gasteiger partial charge in [0.25, 0.3) is 0 Å². The summed E-state index contributed by atoms with van der Waals surface area (Å²) in [7, 11) is 0. The van der Waals surface area contributed by atoms with Crippen LogP contribution in [0, 0.1) is 0 Å². The number of aryl methyl sites for hydroxylation is 2. The molecule has 0 amide bonds. The Labute approximate surface area is 136 Å². The summed E-state index contributed by atoms with van der Waals surface area (Å²) in [5.41, 5.74) is 4.13. The molecule has 0 spiro atoms. The van der Waals surface area contributed by atoms with E-state index in [1.807, 2.05) is 0 Å². The molecule has 0 N–H and O–H groups in total. The molecule has 1 aromatic heterocycles. The standard InChI is InChI=1S/C20H22OS/c1-3-7-16-8-5-6-9-17(16)13-21-18-10-11-19-15(4-2)14-22-20(19)12-18/h5-6,8-12,14H,3-4,7,13H2,1-2H3. The fourth-order valence-electron chi connectivity index (χ4n) is 2.80. The van der Waals surface area contributed by atoms with E-state index in [0.717, 1.165) is 25.0 Å². The van der Waals surface area contributed by atoms with Gasteiger partial charge < -0.3 is 4.74 Å². The molecule has 2 heteroatoms. The summed E-state index contributed by atoms with van der Waals surface area (Å²) in [6.07, 6.45) is 3.37.